The van der Waals surface area contributed by atoms with Crippen LogP contribution in [0.4, 0.5) is 4.79 Å². The van der Waals surface area contributed by atoms with Crippen LogP contribution in [0.1, 0.15) is 53.7 Å². The Labute approximate surface area is 154 Å². The molecule has 26 heavy (non-hydrogen) atoms. The zero-order valence-electron chi connectivity index (χ0n) is 14.9. The number of carbonyl (C=O) groups excluding carboxylic acids is 4. The number of imide groups is 1. The lowest BCUT2D eigenvalue weighted by atomic mass is 10.0. The van der Waals surface area contributed by atoms with E-state index < -0.39 is 23.6 Å². The minimum absolute atomic E-state index is 0.206. The number of ether oxygens (including phenoxy) is 1. The molecule has 2 N–H and O–H groups in total. The smallest absolute Gasteiger partial charge is 0.407 e. The van der Waals surface area contributed by atoms with Crippen molar-refractivity contribution in [1.29, 1.82) is 0 Å². The second-order valence-corrected chi connectivity index (χ2v) is 8.46. The van der Waals surface area contributed by atoms with E-state index in [2.05, 4.69) is 10.6 Å². The first-order valence-electron chi connectivity index (χ1n) is 8.37. The highest BCUT2D eigenvalue weighted by Crippen LogP contribution is 2.33. The highest BCUT2D eigenvalue weighted by Gasteiger charge is 2.40. The lowest BCUT2D eigenvalue weighted by molar-refractivity contribution is -0.136. The van der Waals surface area contributed by atoms with Crippen LogP contribution in [0.25, 0.3) is 0 Å². The molecule has 1 saturated heterocycles. The minimum Gasteiger partial charge on any atom is -0.444 e. The molecule has 3 heterocycles. The maximum Gasteiger partial charge on any atom is 0.407 e. The summed E-state index contributed by atoms with van der Waals surface area (Å²) in [6.45, 7) is 5.97. The van der Waals surface area contributed by atoms with Crippen LogP contribution in [0.2, 0.25) is 0 Å². The molecule has 0 saturated carbocycles. The fourth-order valence-corrected chi connectivity index (χ4v) is 4.03. The molecule has 1 fully saturated rings. The Kier molecular flexibility index (Phi) is 4.74. The van der Waals surface area contributed by atoms with Crippen LogP contribution in [-0.2, 0) is 27.4 Å². The predicted octanol–water partition coefficient (Wildman–Crippen LogP) is 1.53. The predicted molar refractivity (Wildman–Crippen MR) is 93.4 cm³/mol. The third kappa shape index (κ3) is 3.87. The first-order valence-corrected chi connectivity index (χ1v) is 9.19. The van der Waals surface area contributed by atoms with E-state index in [-0.39, 0.29) is 24.8 Å². The standard InChI is InChI=1S/C17H21N3O5S/c1-17(2,3)25-16(24)18-7-10-6-9-8-20(15(23)13(9)26-10)11-4-5-12(21)19-14(11)22/h6,11H,4-5,7-8H2,1-3H3,(H,18,24)(H,19,21,22). The third-order valence-corrected chi connectivity index (χ3v) is 5.21. The van der Waals surface area contributed by atoms with Gasteiger partial charge in [-0.05, 0) is 38.8 Å². The van der Waals surface area contributed by atoms with Gasteiger partial charge in [0.05, 0.1) is 11.4 Å². The molecule has 1 aromatic heterocycles. The summed E-state index contributed by atoms with van der Waals surface area (Å²) in [5.41, 5.74) is 0.269. The van der Waals surface area contributed by atoms with Crippen molar-refractivity contribution in [2.75, 3.05) is 0 Å². The highest BCUT2D eigenvalue weighted by atomic mass is 32.1. The van der Waals surface area contributed by atoms with Gasteiger partial charge in [0.25, 0.3) is 5.91 Å². The van der Waals surface area contributed by atoms with Crippen molar-refractivity contribution in [3.05, 3.63) is 21.4 Å². The van der Waals surface area contributed by atoms with Gasteiger partial charge in [0.15, 0.2) is 0 Å². The summed E-state index contributed by atoms with van der Waals surface area (Å²) < 4.78 is 5.18. The van der Waals surface area contributed by atoms with Crippen molar-refractivity contribution in [2.24, 2.45) is 0 Å². The number of carbonyl (C=O) groups is 4. The average Bonchev–Trinajstić information content (AvgIpc) is 3.03. The molecule has 9 heteroatoms. The van der Waals surface area contributed by atoms with Crippen molar-refractivity contribution in [3.63, 3.8) is 0 Å². The quantitative estimate of drug-likeness (QED) is 0.775. The molecular formula is C17H21N3O5S. The van der Waals surface area contributed by atoms with E-state index >= 15 is 0 Å². The normalized spacial score (nSPS) is 20.0. The lowest BCUT2D eigenvalue weighted by Crippen LogP contribution is -2.52. The van der Waals surface area contributed by atoms with Crippen molar-refractivity contribution in [3.8, 4) is 0 Å². The zero-order valence-corrected chi connectivity index (χ0v) is 15.7. The molecule has 1 aromatic rings. The fourth-order valence-electron chi connectivity index (χ4n) is 2.96. The lowest BCUT2D eigenvalue weighted by Gasteiger charge is -2.29. The monoisotopic (exact) mass is 379 g/mol. The molecule has 3 rings (SSSR count). The first-order chi connectivity index (χ1) is 12.1. The van der Waals surface area contributed by atoms with E-state index in [1.807, 2.05) is 6.07 Å². The molecule has 8 nitrogen and oxygen atoms in total. The van der Waals surface area contributed by atoms with E-state index in [1.165, 1.54) is 16.2 Å². The number of hydrogen-bond acceptors (Lipinski definition) is 6. The largest absolute Gasteiger partial charge is 0.444 e. The summed E-state index contributed by atoms with van der Waals surface area (Å²) in [6, 6.07) is 1.25. The van der Waals surface area contributed by atoms with E-state index in [4.69, 9.17) is 4.74 Å². The summed E-state index contributed by atoms with van der Waals surface area (Å²) in [5.74, 6) is -0.928. The second kappa shape index (κ2) is 6.71. The zero-order chi connectivity index (χ0) is 19.1. The summed E-state index contributed by atoms with van der Waals surface area (Å²) in [5, 5.41) is 4.95. The summed E-state index contributed by atoms with van der Waals surface area (Å²) in [4.78, 5) is 50.5. The molecule has 0 radical (unpaired) electrons. The van der Waals surface area contributed by atoms with Gasteiger partial charge in [0.1, 0.15) is 11.6 Å². The molecule has 140 valence electrons. The number of nitrogens with zero attached hydrogens (tertiary/aromatic N) is 1. The molecule has 0 spiro atoms. The van der Waals surface area contributed by atoms with Gasteiger partial charge >= 0.3 is 6.09 Å². The molecule has 2 aliphatic rings. The van der Waals surface area contributed by atoms with Crippen molar-refractivity contribution >= 4 is 35.2 Å². The number of amides is 4. The van der Waals surface area contributed by atoms with Crippen molar-refractivity contribution < 1.29 is 23.9 Å². The Morgan fingerprint density at radius 2 is 2.12 bits per heavy atom. The summed E-state index contributed by atoms with van der Waals surface area (Å²) in [7, 11) is 0. The topological polar surface area (TPSA) is 105 Å². The van der Waals surface area contributed by atoms with Crippen LogP contribution >= 0.6 is 11.3 Å². The number of rotatable bonds is 3. The van der Waals surface area contributed by atoms with Crippen LogP contribution in [-0.4, -0.2) is 40.4 Å². The van der Waals surface area contributed by atoms with Crippen LogP contribution in [0.15, 0.2) is 6.07 Å². The molecule has 0 aliphatic carbocycles. The minimum atomic E-state index is -0.608. The van der Waals surface area contributed by atoms with Gasteiger partial charge in [0.2, 0.25) is 11.8 Å². The molecule has 2 aliphatic heterocycles. The average molecular weight is 379 g/mol. The van der Waals surface area contributed by atoms with Gasteiger partial charge in [-0.15, -0.1) is 11.3 Å². The second-order valence-electron chi connectivity index (χ2n) is 7.32. The Morgan fingerprint density at radius 1 is 1.38 bits per heavy atom. The highest BCUT2D eigenvalue weighted by molar-refractivity contribution is 7.14. The van der Waals surface area contributed by atoms with Crippen LogP contribution < -0.4 is 10.6 Å². The Balaban J connectivity index is 1.61. The van der Waals surface area contributed by atoms with Gasteiger partial charge < -0.3 is 15.0 Å². The van der Waals surface area contributed by atoms with Crippen LogP contribution in [0.5, 0.6) is 0 Å². The molecule has 4 amide bonds. The van der Waals surface area contributed by atoms with E-state index in [0.29, 0.717) is 17.8 Å². The fraction of sp³-hybridized carbons (Fsp3) is 0.529. The molecule has 1 atom stereocenters. The van der Waals surface area contributed by atoms with Crippen LogP contribution in [0.3, 0.4) is 0 Å². The number of alkyl carbamates (subject to hydrolysis) is 1. The maximum absolute atomic E-state index is 12.6. The van der Waals surface area contributed by atoms with Crippen molar-refractivity contribution in [2.45, 2.75) is 58.3 Å². The Bertz CT molecular complexity index is 780. The van der Waals surface area contributed by atoms with Gasteiger partial charge in [-0.3, -0.25) is 19.7 Å². The van der Waals surface area contributed by atoms with E-state index in [9.17, 15) is 19.2 Å². The van der Waals surface area contributed by atoms with E-state index in [0.717, 1.165) is 10.4 Å². The third-order valence-electron chi connectivity index (χ3n) is 4.05. The van der Waals surface area contributed by atoms with Crippen molar-refractivity contribution in [1.82, 2.24) is 15.5 Å². The number of hydrogen-bond donors (Lipinski definition) is 2. The number of nitrogens with one attached hydrogen (secondary N) is 2. The van der Waals surface area contributed by atoms with Gasteiger partial charge in [-0.2, -0.15) is 0 Å². The number of thiophene rings is 1. The Hall–Kier alpha value is -2.42. The molecular weight excluding hydrogens is 358 g/mol. The molecule has 0 aromatic carbocycles. The SMILES string of the molecule is CC(C)(C)OC(=O)NCc1cc2c(s1)C(=O)N(C1CCC(=O)NC1=O)C2. The van der Waals surface area contributed by atoms with Gasteiger partial charge in [-0.25, -0.2) is 4.79 Å². The van der Waals surface area contributed by atoms with Gasteiger partial charge in [-0.1, -0.05) is 0 Å². The number of piperidine rings is 1. The number of fused-ring (bicyclic) bond motifs is 1. The maximum atomic E-state index is 12.6. The van der Waals surface area contributed by atoms with E-state index in [1.54, 1.807) is 20.8 Å². The van der Waals surface area contributed by atoms with Gasteiger partial charge in [0, 0.05) is 17.8 Å². The van der Waals surface area contributed by atoms with Crippen LogP contribution in [0, 0.1) is 0 Å². The molecule has 0 bridgehead atoms. The summed E-state index contributed by atoms with van der Waals surface area (Å²) in [6.07, 6.45) is 0.0691. The molecule has 1 unspecified atom stereocenters. The first kappa shape index (κ1) is 18.4. The summed E-state index contributed by atoms with van der Waals surface area (Å²) >= 11 is 1.30. The Morgan fingerprint density at radius 3 is 2.73 bits per heavy atom.